The molecule has 270 valence electrons. The Hall–Kier alpha value is -4.38. The molecule has 0 bridgehead atoms. The number of hydrogen-bond acceptors (Lipinski definition) is 9. The Morgan fingerprint density at radius 1 is 0.980 bits per heavy atom. The second kappa shape index (κ2) is 14.3. The molecule has 51 heavy (non-hydrogen) atoms. The van der Waals surface area contributed by atoms with Gasteiger partial charge in [0.15, 0.2) is 0 Å². The molecule has 1 amide bonds. The zero-order valence-electron chi connectivity index (χ0n) is 27.7. The maximum Gasteiger partial charge on any atom is 0.416 e. The monoisotopic (exact) mass is 725 g/mol. The SMILES string of the molecule is O=C1NC2(CCOc3ccc(C(F)(F)F)cc3S(=O)(=O)N3C[C@H](OCc4cn(Cc5ccccc5)nn4)C[C@@H]13)CCN(Cc1ccccn1)CC2. The van der Waals surface area contributed by atoms with Gasteiger partial charge in [-0.3, -0.25) is 14.7 Å². The van der Waals surface area contributed by atoms with Crippen molar-refractivity contribution in [3.63, 3.8) is 0 Å². The molecule has 2 aromatic carbocycles. The van der Waals surface area contributed by atoms with Gasteiger partial charge in [0.1, 0.15) is 22.4 Å². The fourth-order valence-corrected chi connectivity index (χ4v) is 8.77. The van der Waals surface area contributed by atoms with Crippen molar-refractivity contribution in [2.24, 2.45) is 0 Å². The zero-order valence-corrected chi connectivity index (χ0v) is 28.5. The zero-order chi connectivity index (χ0) is 35.6. The minimum absolute atomic E-state index is 0.000247. The Labute approximate surface area is 293 Å². The summed E-state index contributed by atoms with van der Waals surface area (Å²) < 4.78 is 84.6. The van der Waals surface area contributed by atoms with E-state index in [4.69, 9.17) is 9.47 Å². The van der Waals surface area contributed by atoms with Crippen LogP contribution in [0.4, 0.5) is 13.2 Å². The van der Waals surface area contributed by atoms with Crippen LogP contribution in [0.2, 0.25) is 0 Å². The number of fused-ring (bicyclic) bond motifs is 2. The number of halogens is 3. The van der Waals surface area contributed by atoms with Crippen LogP contribution in [0.25, 0.3) is 0 Å². The molecule has 4 aromatic rings. The van der Waals surface area contributed by atoms with E-state index in [0.717, 1.165) is 27.7 Å². The highest BCUT2D eigenvalue weighted by Crippen LogP contribution is 2.39. The molecule has 1 N–H and O–H groups in total. The normalized spacial score (nSPS) is 22.4. The van der Waals surface area contributed by atoms with Gasteiger partial charge in [-0.2, -0.15) is 17.5 Å². The third-order valence-corrected chi connectivity index (χ3v) is 11.7. The molecule has 12 nitrogen and oxygen atoms in total. The lowest BCUT2D eigenvalue weighted by Gasteiger charge is -2.43. The summed E-state index contributed by atoms with van der Waals surface area (Å²) in [5, 5.41) is 11.5. The molecular formula is C35H38F3N7O5S. The number of carbonyl (C=O) groups excluding carboxylic acids is 1. The lowest BCUT2D eigenvalue weighted by atomic mass is 9.84. The topological polar surface area (TPSA) is 132 Å². The number of aromatic nitrogens is 4. The number of ether oxygens (including phenoxy) is 2. The van der Waals surface area contributed by atoms with Gasteiger partial charge in [-0.15, -0.1) is 5.10 Å². The molecule has 0 aliphatic carbocycles. The number of likely N-dealkylation sites (tertiary alicyclic amines) is 1. The molecule has 1 spiro atoms. The molecular weight excluding hydrogens is 687 g/mol. The summed E-state index contributed by atoms with van der Waals surface area (Å²) in [4.78, 5) is 20.2. The van der Waals surface area contributed by atoms with E-state index in [0.29, 0.717) is 57.2 Å². The van der Waals surface area contributed by atoms with Crippen LogP contribution < -0.4 is 10.1 Å². The molecule has 0 radical (unpaired) electrons. The van der Waals surface area contributed by atoms with Crippen molar-refractivity contribution in [1.82, 2.24) is 34.5 Å². The minimum Gasteiger partial charge on any atom is -0.492 e. The molecule has 7 rings (SSSR count). The largest absolute Gasteiger partial charge is 0.492 e. The van der Waals surface area contributed by atoms with Crippen LogP contribution in [0.15, 0.2) is 84.0 Å². The van der Waals surface area contributed by atoms with E-state index in [9.17, 15) is 26.4 Å². The molecule has 2 atom stereocenters. The minimum atomic E-state index is -4.80. The number of rotatable bonds is 7. The Kier molecular flexibility index (Phi) is 9.84. The van der Waals surface area contributed by atoms with E-state index in [1.165, 1.54) is 0 Å². The smallest absolute Gasteiger partial charge is 0.416 e. The van der Waals surface area contributed by atoms with Crippen molar-refractivity contribution in [2.75, 3.05) is 26.2 Å². The number of pyridine rings is 1. The number of sulfonamides is 1. The van der Waals surface area contributed by atoms with E-state index >= 15 is 0 Å². The molecule has 2 fully saturated rings. The molecule has 0 saturated carbocycles. The summed E-state index contributed by atoms with van der Waals surface area (Å²) in [5.41, 5.74) is 0.608. The van der Waals surface area contributed by atoms with Crippen LogP contribution in [-0.4, -0.2) is 87.4 Å². The second-order valence-corrected chi connectivity index (χ2v) is 15.1. The average molecular weight is 726 g/mol. The van der Waals surface area contributed by atoms with E-state index in [1.807, 2.05) is 48.5 Å². The molecule has 16 heteroatoms. The Bertz CT molecular complexity index is 1940. The number of nitrogens with one attached hydrogen (secondary N) is 1. The Morgan fingerprint density at radius 3 is 2.51 bits per heavy atom. The number of benzene rings is 2. The van der Waals surface area contributed by atoms with Gasteiger partial charge in [0.25, 0.3) is 0 Å². The van der Waals surface area contributed by atoms with Crippen LogP contribution in [0.3, 0.4) is 0 Å². The molecule has 0 unspecified atom stereocenters. The standard InChI is InChI=1S/C35H38F3N7O5S/c36-35(37,38)26-9-10-31-32(18-26)51(47,48)45-23-29(50-24-28-22-44(42-41-28)20-25-6-2-1-3-7-25)19-30(45)33(46)40-34(13-17-49-31)11-15-43(16-12-34)21-27-8-4-5-14-39-27/h1-10,14,18,22,29-30H,11-13,15-17,19-21,23-24H2,(H,40,46)/t29-,30+/m1/s1. The maximum atomic E-state index is 14.2. The maximum absolute atomic E-state index is 14.2. The molecule has 5 heterocycles. The lowest BCUT2D eigenvalue weighted by molar-refractivity contribution is -0.137. The number of piperidine rings is 1. The fraction of sp³-hybridized carbons (Fsp3) is 0.429. The lowest BCUT2D eigenvalue weighted by Crippen LogP contribution is -2.59. The third kappa shape index (κ3) is 7.93. The second-order valence-electron chi connectivity index (χ2n) is 13.3. The van der Waals surface area contributed by atoms with E-state index < -0.39 is 50.3 Å². The summed E-state index contributed by atoms with van der Waals surface area (Å²) >= 11 is 0. The summed E-state index contributed by atoms with van der Waals surface area (Å²) in [6.07, 6.45) is -0.615. The number of amides is 1. The summed E-state index contributed by atoms with van der Waals surface area (Å²) in [6, 6.07) is 16.7. The predicted octanol–water partition coefficient (Wildman–Crippen LogP) is 4.02. The highest BCUT2D eigenvalue weighted by atomic mass is 32.2. The Morgan fingerprint density at radius 2 is 1.76 bits per heavy atom. The first-order valence-corrected chi connectivity index (χ1v) is 18.3. The van der Waals surface area contributed by atoms with Gasteiger partial charge in [-0.1, -0.05) is 41.6 Å². The molecule has 2 aromatic heterocycles. The van der Waals surface area contributed by atoms with Gasteiger partial charge in [-0.25, -0.2) is 13.1 Å². The average Bonchev–Trinajstić information content (AvgIpc) is 3.76. The number of carbonyl (C=O) groups is 1. The van der Waals surface area contributed by atoms with Crippen LogP contribution in [-0.2, 0) is 45.4 Å². The third-order valence-electron chi connectivity index (χ3n) is 9.77. The van der Waals surface area contributed by atoms with Crippen molar-refractivity contribution in [1.29, 1.82) is 0 Å². The number of alkyl halides is 3. The quantitative estimate of drug-likeness (QED) is 0.300. The van der Waals surface area contributed by atoms with E-state index in [2.05, 4.69) is 25.5 Å². The summed E-state index contributed by atoms with van der Waals surface area (Å²) in [7, 11) is -4.66. The highest BCUT2D eigenvalue weighted by Gasteiger charge is 2.48. The van der Waals surface area contributed by atoms with Crippen molar-refractivity contribution >= 4 is 15.9 Å². The van der Waals surface area contributed by atoms with Gasteiger partial charge in [0, 0.05) is 50.8 Å². The summed E-state index contributed by atoms with van der Waals surface area (Å²) in [6.45, 7) is 2.17. The first-order valence-electron chi connectivity index (χ1n) is 16.8. The van der Waals surface area contributed by atoms with Crippen LogP contribution >= 0.6 is 0 Å². The summed E-state index contributed by atoms with van der Waals surface area (Å²) in [5.74, 6) is -0.717. The van der Waals surface area contributed by atoms with Gasteiger partial charge in [-0.05, 0) is 48.7 Å². The van der Waals surface area contributed by atoms with E-state index in [1.54, 1.807) is 17.1 Å². The van der Waals surface area contributed by atoms with E-state index in [-0.39, 0.29) is 31.9 Å². The Balaban J connectivity index is 1.13. The molecule has 3 aliphatic heterocycles. The van der Waals surface area contributed by atoms with Crippen LogP contribution in [0, 0.1) is 0 Å². The first-order chi connectivity index (χ1) is 24.5. The van der Waals surface area contributed by atoms with Gasteiger partial charge in [0.2, 0.25) is 15.9 Å². The first kappa shape index (κ1) is 35.0. The van der Waals surface area contributed by atoms with Gasteiger partial charge in [0.05, 0.1) is 43.3 Å². The van der Waals surface area contributed by atoms with Crippen molar-refractivity contribution < 1.29 is 35.9 Å². The number of nitrogens with zero attached hydrogens (tertiary/aromatic N) is 6. The van der Waals surface area contributed by atoms with Crippen molar-refractivity contribution in [2.45, 2.75) is 74.1 Å². The predicted molar refractivity (Wildman–Crippen MR) is 178 cm³/mol. The molecule has 2 saturated heterocycles. The van der Waals surface area contributed by atoms with Crippen LogP contribution in [0.5, 0.6) is 5.75 Å². The fourth-order valence-electron chi connectivity index (χ4n) is 6.98. The van der Waals surface area contributed by atoms with Crippen molar-refractivity contribution in [3.05, 3.63) is 102 Å². The number of hydrogen-bond donors (Lipinski definition) is 1. The van der Waals surface area contributed by atoms with Gasteiger partial charge >= 0.3 is 6.18 Å². The van der Waals surface area contributed by atoms with Crippen molar-refractivity contribution in [3.8, 4) is 5.75 Å². The van der Waals surface area contributed by atoms with Gasteiger partial charge < -0.3 is 14.8 Å². The highest BCUT2D eigenvalue weighted by molar-refractivity contribution is 7.89. The van der Waals surface area contributed by atoms with Crippen LogP contribution in [0.1, 0.15) is 48.2 Å². The molecule has 3 aliphatic rings.